The molecule has 27 heavy (non-hydrogen) atoms. The molecule has 0 aromatic heterocycles. The van der Waals surface area contributed by atoms with Gasteiger partial charge in [-0.15, -0.1) is 0 Å². The van der Waals surface area contributed by atoms with Crippen molar-refractivity contribution in [3.63, 3.8) is 0 Å². The molecule has 0 amide bonds. The SMILES string of the molecule is OC1(Cc2c(F)ccc(F)c2F)CC2CCCC(C1)N2Cc1ccccc1. The lowest BCUT2D eigenvalue weighted by molar-refractivity contribution is -0.0953. The van der Waals surface area contributed by atoms with Gasteiger partial charge < -0.3 is 5.11 Å². The number of benzene rings is 2. The van der Waals surface area contributed by atoms with Gasteiger partial charge in [0.1, 0.15) is 5.82 Å². The highest BCUT2D eigenvalue weighted by Crippen LogP contribution is 2.42. The van der Waals surface area contributed by atoms with E-state index < -0.39 is 23.1 Å². The highest BCUT2D eigenvalue weighted by atomic mass is 19.2. The second-order valence-electron chi connectivity index (χ2n) is 8.03. The Morgan fingerprint density at radius 2 is 1.56 bits per heavy atom. The molecule has 2 aliphatic heterocycles. The van der Waals surface area contributed by atoms with E-state index in [4.69, 9.17) is 0 Å². The van der Waals surface area contributed by atoms with Gasteiger partial charge in [-0.25, -0.2) is 13.2 Å². The summed E-state index contributed by atoms with van der Waals surface area (Å²) in [5.74, 6) is -3.05. The largest absolute Gasteiger partial charge is 0.389 e. The first-order valence-electron chi connectivity index (χ1n) is 9.60. The number of aliphatic hydroxyl groups is 1. The molecule has 0 radical (unpaired) electrons. The summed E-state index contributed by atoms with van der Waals surface area (Å²) >= 11 is 0. The molecule has 2 fully saturated rings. The van der Waals surface area contributed by atoms with E-state index in [0.717, 1.165) is 37.9 Å². The zero-order valence-electron chi connectivity index (χ0n) is 15.2. The Bertz CT molecular complexity index is 797. The van der Waals surface area contributed by atoms with Crippen LogP contribution in [0.5, 0.6) is 0 Å². The fourth-order valence-corrected chi connectivity index (χ4v) is 4.87. The summed E-state index contributed by atoms with van der Waals surface area (Å²) < 4.78 is 41.7. The molecule has 4 rings (SSSR count). The highest BCUT2D eigenvalue weighted by Gasteiger charge is 2.46. The molecular formula is C22H24F3NO. The molecule has 2 nitrogen and oxygen atoms in total. The minimum atomic E-state index is -1.21. The summed E-state index contributed by atoms with van der Waals surface area (Å²) in [5, 5.41) is 11.2. The van der Waals surface area contributed by atoms with Gasteiger partial charge in [-0.3, -0.25) is 4.90 Å². The summed E-state index contributed by atoms with van der Waals surface area (Å²) in [6, 6.07) is 12.3. The number of nitrogens with zero attached hydrogens (tertiary/aromatic N) is 1. The zero-order valence-corrected chi connectivity index (χ0v) is 15.2. The minimum Gasteiger partial charge on any atom is -0.389 e. The molecule has 2 aromatic carbocycles. The fraction of sp³-hybridized carbons (Fsp3) is 0.455. The summed E-state index contributed by atoms with van der Waals surface area (Å²) in [5.41, 5.74) is -0.326. The van der Waals surface area contributed by atoms with E-state index in [-0.39, 0.29) is 24.1 Å². The van der Waals surface area contributed by atoms with Crippen LogP contribution in [0.2, 0.25) is 0 Å². The summed E-state index contributed by atoms with van der Waals surface area (Å²) in [7, 11) is 0. The maximum absolute atomic E-state index is 14.1. The van der Waals surface area contributed by atoms with Crippen LogP contribution in [-0.2, 0) is 13.0 Å². The number of rotatable bonds is 4. The molecule has 2 aliphatic rings. The first-order valence-corrected chi connectivity index (χ1v) is 9.60. The lowest BCUT2D eigenvalue weighted by atomic mass is 9.73. The van der Waals surface area contributed by atoms with Crippen molar-refractivity contribution >= 4 is 0 Å². The van der Waals surface area contributed by atoms with Crippen molar-refractivity contribution in [1.29, 1.82) is 0 Å². The van der Waals surface area contributed by atoms with Crippen molar-refractivity contribution in [2.24, 2.45) is 0 Å². The van der Waals surface area contributed by atoms with Gasteiger partial charge >= 0.3 is 0 Å². The molecule has 2 bridgehead atoms. The number of halogens is 3. The van der Waals surface area contributed by atoms with E-state index in [9.17, 15) is 18.3 Å². The summed E-state index contributed by atoms with van der Waals surface area (Å²) in [6.07, 6.45) is 3.73. The molecule has 2 heterocycles. The number of hydrogen-bond donors (Lipinski definition) is 1. The van der Waals surface area contributed by atoms with Gasteiger partial charge in [0.2, 0.25) is 0 Å². The maximum Gasteiger partial charge on any atom is 0.165 e. The van der Waals surface area contributed by atoms with Gasteiger partial charge in [-0.2, -0.15) is 0 Å². The van der Waals surface area contributed by atoms with E-state index in [1.54, 1.807) is 0 Å². The minimum absolute atomic E-state index is 0.169. The third-order valence-corrected chi connectivity index (χ3v) is 6.10. The van der Waals surface area contributed by atoms with Crippen LogP contribution in [0.15, 0.2) is 42.5 Å². The summed E-state index contributed by atoms with van der Waals surface area (Å²) in [4.78, 5) is 2.42. The maximum atomic E-state index is 14.1. The van der Waals surface area contributed by atoms with Crippen LogP contribution < -0.4 is 0 Å². The molecule has 2 saturated heterocycles. The van der Waals surface area contributed by atoms with Gasteiger partial charge in [-0.05, 0) is 43.4 Å². The Labute approximate surface area is 157 Å². The molecule has 2 aromatic rings. The lowest BCUT2D eigenvalue weighted by Crippen LogP contribution is -2.58. The molecule has 2 unspecified atom stereocenters. The number of hydrogen-bond acceptors (Lipinski definition) is 2. The molecule has 0 aliphatic carbocycles. The molecule has 0 spiro atoms. The predicted octanol–water partition coefficient (Wildman–Crippen LogP) is 4.59. The molecule has 2 atom stereocenters. The van der Waals surface area contributed by atoms with E-state index in [1.165, 1.54) is 5.56 Å². The van der Waals surface area contributed by atoms with E-state index >= 15 is 0 Å². The van der Waals surface area contributed by atoms with Crippen molar-refractivity contribution in [2.75, 3.05) is 0 Å². The first kappa shape index (κ1) is 18.5. The van der Waals surface area contributed by atoms with E-state index in [1.807, 2.05) is 18.2 Å². The quantitative estimate of drug-likeness (QED) is 0.790. The van der Waals surface area contributed by atoms with Crippen LogP contribution in [0.4, 0.5) is 13.2 Å². The Balaban J connectivity index is 1.55. The van der Waals surface area contributed by atoms with Gasteiger partial charge in [0.05, 0.1) is 5.60 Å². The zero-order chi connectivity index (χ0) is 19.0. The molecule has 0 saturated carbocycles. The Kier molecular flexibility index (Phi) is 4.99. The van der Waals surface area contributed by atoms with Crippen LogP contribution in [0, 0.1) is 17.5 Å². The fourth-order valence-electron chi connectivity index (χ4n) is 4.87. The number of fused-ring (bicyclic) bond motifs is 2. The van der Waals surface area contributed by atoms with E-state index in [2.05, 4.69) is 17.0 Å². The molecule has 1 N–H and O–H groups in total. The van der Waals surface area contributed by atoms with Crippen LogP contribution >= 0.6 is 0 Å². The van der Waals surface area contributed by atoms with Crippen LogP contribution in [0.3, 0.4) is 0 Å². The second-order valence-corrected chi connectivity index (χ2v) is 8.03. The normalized spacial score (nSPS) is 28.3. The van der Waals surface area contributed by atoms with Gasteiger partial charge in [0.15, 0.2) is 11.6 Å². The highest BCUT2D eigenvalue weighted by molar-refractivity contribution is 5.24. The van der Waals surface area contributed by atoms with Crippen molar-refractivity contribution in [3.05, 3.63) is 71.0 Å². The van der Waals surface area contributed by atoms with E-state index in [0.29, 0.717) is 12.8 Å². The van der Waals surface area contributed by atoms with Crippen LogP contribution in [0.25, 0.3) is 0 Å². The van der Waals surface area contributed by atoms with Crippen molar-refractivity contribution < 1.29 is 18.3 Å². The monoisotopic (exact) mass is 375 g/mol. The summed E-state index contributed by atoms with van der Waals surface area (Å²) in [6.45, 7) is 0.814. The molecule has 5 heteroatoms. The van der Waals surface area contributed by atoms with Crippen LogP contribution in [-0.4, -0.2) is 27.7 Å². The van der Waals surface area contributed by atoms with Crippen molar-refractivity contribution in [1.82, 2.24) is 4.90 Å². The third kappa shape index (κ3) is 3.76. The van der Waals surface area contributed by atoms with Crippen molar-refractivity contribution in [2.45, 2.75) is 62.8 Å². The lowest BCUT2D eigenvalue weighted by Gasteiger charge is -2.52. The standard InChI is InChI=1S/C22H24F3NO/c23-19-9-10-20(24)21(25)18(19)13-22(27)11-16-7-4-8-17(12-22)26(16)14-15-5-2-1-3-6-15/h1-3,5-6,9-10,16-17,27H,4,7-8,11-14H2. The van der Waals surface area contributed by atoms with Gasteiger partial charge in [0, 0.05) is 30.6 Å². The van der Waals surface area contributed by atoms with Gasteiger partial charge in [-0.1, -0.05) is 36.8 Å². The number of piperidine rings is 2. The smallest absolute Gasteiger partial charge is 0.165 e. The Morgan fingerprint density at radius 1 is 0.926 bits per heavy atom. The third-order valence-electron chi connectivity index (χ3n) is 6.10. The van der Waals surface area contributed by atoms with Crippen LogP contribution in [0.1, 0.15) is 43.2 Å². The van der Waals surface area contributed by atoms with Crippen molar-refractivity contribution in [3.8, 4) is 0 Å². The first-order chi connectivity index (χ1) is 13.0. The average Bonchev–Trinajstić information content (AvgIpc) is 2.64. The topological polar surface area (TPSA) is 23.5 Å². The Hall–Kier alpha value is -1.85. The Morgan fingerprint density at radius 3 is 2.22 bits per heavy atom. The molecule has 144 valence electrons. The van der Waals surface area contributed by atoms with Gasteiger partial charge in [0.25, 0.3) is 0 Å². The molecular weight excluding hydrogens is 351 g/mol. The second kappa shape index (κ2) is 7.28. The average molecular weight is 375 g/mol. The predicted molar refractivity (Wildman–Crippen MR) is 97.6 cm³/mol.